The number of fused-ring (bicyclic) bond motifs is 3. The third kappa shape index (κ3) is 3.07. The average Bonchev–Trinajstić information content (AvgIpc) is 2.54. The maximum Gasteiger partial charge on any atom is 0.344 e. The van der Waals surface area contributed by atoms with E-state index in [2.05, 4.69) is 13.8 Å². The fourth-order valence-electron chi connectivity index (χ4n) is 3.44. The van der Waals surface area contributed by atoms with Crippen LogP contribution >= 0.6 is 0 Å². The largest absolute Gasteiger partial charge is 0.508 e. The number of phenolic OH excluding ortho intramolecular Hbond substituents is 1. The zero-order chi connectivity index (χ0) is 17.6. The molecule has 1 saturated heterocycles. The van der Waals surface area contributed by atoms with Gasteiger partial charge in [0.25, 0.3) is 0 Å². The van der Waals surface area contributed by atoms with E-state index in [1.165, 1.54) is 6.07 Å². The van der Waals surface area contributed by atoms with Crippen molar-refractivity contribution < 1.29 is 19.0 Å². The third-order valence-corrected chi connectivity index (χ3v) is 4.62. The molecule has 0 bridgehead atoms. The molecule has 3 aromatic rings. The lowest BCUT2D eigenvalue weighted by molar-refractivity contribution is -0.0896. The van der Waals surface area contributed by atoms with Crippen LogP contribution in [0.1, 0.15) is 26.7 Å². The molecule has 1 fully saturated rings. The van der Waals surface area contributed by atoms with E-state index < -0.39 is 5.63 Å². The van der Waals surface area contributed by atoms with E-state index in [0.717, 1.165) is 23.6 Å². The lowest BCUT2D eigenvalue weighted by Gasteiger charge is -2.35. The molecular weight excluding hydrogens is 320 g/mol. The van der Waals surface area contributed by atoms with Gasteiger partial charge in [-0.1, -0.05) is 0 Å². The molecule has 25 heavy (non-hydrogen) atoms. The highest BCUT2D eigenvalue weighted by atomic mass is 16.5. The molecule has 1 aliphatic rings. The van der Waals surface area contributed by atoms with Crippen LogP contribution in [0.25, 0.3) is 21.7 Å². The van der Waals surface area contributed by atoms with Gasteiger partial charge in [0.2, 0.25) is 0 Å². The normalized spacial score (nSPS) is 20.0. The average molecular weight is 340 g/mol. The molecule has 1 N–H and O–H groups in total. The Balaban J connectivity index is 1.73. The predicted molar refractivity (Wildman–Crippen MR) is 95.3 cm³/mol. The van der Waals surface area contributed by atoms with E-state index in [9.17, 15) is 9.90 Å². The molecule has 5 nitrogen and oxygen atoms in total. The van der Waals surface area contributed by atoms with Crippen LogP contribution in [0.2, 0.25) is 0 Å². The number of rotatable bonds is 2. The summed E-state index contributed by atoms with van der Waals surface area (Å²) in [5.74, 6) is 0.720. The van der Waals surface area contributed by atoms with Gasteiger partial charge < -0.3 is 19.0 Å². The van der Waals surface area contributed by atoms with Gasteiger partial charge in [-0.2, -0.15) is 0 Å². The van der Waals surface area contributed by atoms with Gasteiger partial charge >= 0.3 is 5.63 Å². The molecule has 1 aliphatic heterocycles. The molecule has 2 heterocycles. The van der Waals surface area contributed by atoms with Crippen LogP contribution in [0.4, 0.5) is 0 Å². The summed E-state index contributed by atoms with van der Waals surface area (Å²) in [7, 11) is 0. The van der Waals surface area contributed by atoms with Crippen molar-refractivity contribution in [3.63, 3.8) is 0 Å². The van der Waals surface area contributed by atoms with E-state index >= 15 is 0 Å². The minimum absolute atomic E-state index is 0.0608. The highest BCUT2D eigenvalue weighted by molar-refractivity contribution is 6.04. The highest BCUT2D eigenvalue weighted by Gasteiger charge is 2.30. The number of aromatic hydroxyl groups is 1. The quantitative estimate of drug-likeness (QED) is 0.564. The molecule has 1 aromatic heterocycles. The summed E-state index contributed by atoms with van der Waals surface area (Å²) in [6, 6.07) is 10.2. The van der Waals surface area contributed by atoms with Crippen molar-refractivity contribution in [2.45, 2.75) is 38.4 Å². The second kappa shape index (κ2) is 5.77. The molecule has 5 heteroatoms. The van der Waals surface area contributed by atoms with Crippen molar-refractivity contribution in [2.75, 3.05) is 6.61 Å². The van der Waals surface area contributed by atoms with E-state index in [1.54, 1.807) is 18.2 Å². The molecule has 1 atom stereocenters. The minimum Gasteiger partial charge on any atom is -0.508 e. The van der Waals surface area contributed by atoms with Crippen molar-refractivity contribution >= 4 is 21.7 Å². The summed E-state index contributed by atoms with van der Waals surface area (Å²) in [4.78, 5) is 12.3. The van der Waals surface area contributed by atoms with Crippen LogP contribution in [-0.2, 0) is 4.74 Å². The number of hydrogen-bond acceptors (Lipinski definition) is 5. The molecule has 4 rings (SSSR count). The first-order chi connectivity index (χ1) is 11.9. The van der Waals surface area contributed by atoms with Crippen LogP contribution in [-0.4, -0.2) is 23.4 Å². The predicted octanol–water partition coefficient (Wildman–Crippen LogP) is 3.99. The molecule has 2 aromatic carbocycles. The van der Waals surface area contributed by atoms with E-state index in [1.807, 2.05) is 12.1 Å². The first-order valence-corrected chi connectivity index (χ1v) is 8.41. The van der Waals surface area contributed by atoms with Crippen LogP contribution < -0.4 is 10.4 Å². The molecule has 0 amide bonds. The van der Waals surface area contributed by atoms with Gasteiger partial charge in [0.15, 0.2) is 0 Å². The van der Waals surface area contributed by atoms with Gasteiger partial charge in [0.1, 0.15) is 23.2 Å². The third-order valence-electron chi connectivity index (χ3n) is 4.62. The number of phenols is 1. The van der Waals surface area contributed by atoms with Crippen molar-refractivity contribution in [1.29, 1.82) is 0 Å². The maximum atomic E-state index is 12.3. The second-order valence-corrected chi connectivity index (χ2v) is 7.12. The fraction of sp³-hybridized carbons (Fsp3) is 0.350. The summed E-state index contributed by atoms with van der Waals surface area (Å²) in [5.41, 5.74) is -0.264. The molecule has 130 valence electrons. The van der Waals surface area contributed by atoms with Gasteiger partial charge in [-0.05, 0) is 44.2 Å². The van der Waals surface area contributed by atoms with Crippen molar-refractivity contribution in [1.82, 2.24) is 0 Å². The molecule has 0 aliphatic carbocycles. The smallest absolute Gasteiger partial charge is 0.344 e. The van der Waals surface area contributed by atoms with Gasteiger partial charge in [-0.25, -0.2) is 4.79 Å². The van der Waals surface area contributed by atoms with E-state index in [0.29, 0.717) is 23.3 Å². The van der Waals surface area contributed by atoms with Gasteiger partial charge in [-0.3, -0.25) is 0 Å². The Morgan fingerprint density at radius 2 is 1.92 bits per heavy atom. The second-order valence-electron chi connectivity index (χ2n) is 7.12. The minimum atomic E-state index is -0.439. The molecule has 0 spiro atoms. The van der Waals surface area contributed by atoms with Gasteiger partial charge in [0, 0.05) is 29.7 Å². The molecule has 1 unspecified atom stereocenters. The topological polar surface area (TPSA) is 68.9 Å². The van der Waals surface area contributed by atoms with Crippen molar-refractivity contribution in [3.8, 4) is 11.5 Å². The van der Waals surface area contributed by atoms with Crippen molar-refractivity contribution in [3.05, 3.63) is 46.8 Å². The summed E-state index contributed by atoms with van der Waals surface area (Å²) in [5, 5.41) is 11.6. The first-order valence-electron chi connectivity index (χ1n) is 8.41. The summed E-state index contributed by atoms with van der Waals surface area (Å²) < 4.78 is 17.1. The van der Waals surface area contributed by atoms with Crippen LogP contribution in [0.15, 0.2) is 45.6 Å². The Kier molecular flexibility index (Phi) is 3.69. The fourth-order valence-corrected chi connectivity index (χ4v) is 3.44. The van der Waals surface area contributed by atoms with E-state index in [4.69, 9.17) is 13.9 Å². The SMILES string of the molecule is CC1(C)CC(Oc2ccc3c(c2)c(=O)oc2cc(O)ccc23)CCO1. The zero-order valence-electron chi connectivity index (χ0n) is 14.2. The van der Waals surface area contributed by atoms with Gasteiger partial charge in [0.05, 0.1) is 17.6 Å². The Labute approximate surface area is 144 Å². The highest BCUT2D eigenvalue weighted by Crippen LogP contribution is 2.31. The Bertz CT molecular complexity index is 1000. The Hall–Kier alpha value is -2.53. The Morgan fingerprint density at radius 3 is 2.72 bits per heavy atom. The zero-order valence-corrected chi connectivity index (χ0v) is 14.2. The summed E-state index contributed by atoms with van der Waals surface area (Å²) in [6.45, 7) is 4.78. The Morgan fingerprint density at radius 1 is 1.12 bits per heavy atom. The monoisotopic (exact) mass is 340 g/mol. The molecular formula is C20H20O5. The number of hydrogen-bond donors (Lipinski definition) is 1. The lowest BCUT2D eigenvalue weighted by Crippen LogP contribution is -2.39. The van der Waals surface area contributed by atoms with Crippen molar-refractivity contribution in [2.24, 2.45) is 0 Å². The standard InChI is InChI=1S/C20H20O5/c1-20(2)11-14(7-8-23-20)24-13-4-6-15-16-5-3-12(21)9-18(16)25-19(22)17(15)10-13/h3-6,9-10,14,21H,7-8,11H2,1-2H3. The number of ether oxygens (including phenoxy) is 2. The number of benzene rings is 2. The summed E-state index contributed by atoms with van der Waals surface area (Å²) in [6.07, 6.45) is 1.69. The van der Waals surface area contributed by atoms with Crippen LogP contribution in [0.3, 0.4) is 0 Å². The van der Waals surface area contributed by atoms with E-state index in [-0.39, 0.29) is 17.5 Å². The molecule has 0 saturated carbocycles. The summed E-state index contributed by atoms with van der Waals surface area (Å²) >= 11 is 0. The van der Waals surface area contributed by atoms with Crippen LogP contribution in [0, 0.1) is 0 Å². The van der Waals surface area contributed by atoms with Gasteiger partial charge in [-0.15, -0.1) is 0 Å². The molecule has 0 radical (unpaired) electrons. The first kappa shape index (κ1) is 16.0. The lowest BCUT2D eigenvalue weighted by atomic mass is 9.96. The van der Waals surface area contributed by atoms with Crippen LogP contribution in [0.5, 0.6) is 11.5 Å². The maximum absolute atomic E-state index is 12.3.